The van der Waals surface area contributed by atoms with Crippen LogP contribution < -0.4 is 5.73 Å². The highest BCUT2D eigenvalue weighted by Crippen LogP contribution is 2.09. The summed E-state index contributed by atoms with van der Waals surface area (Å²) in [6.07, 6.45) is 15.5. The van der Waals surface area contributed by atoms with Gasteiger partial charge in [0, 0.05) is 13.1 Å². The van der Waals surface area contributed by atoms with E-state index in [1.165, 1.54) is 70.6 Å². The van der Waals surface area contributed by atoms with Crippen molar-refractivity contribution in [1.29, 1.82) is 0 Å². The summed E-state index contributed by atoms with van der Waals surface area (Å²) in [7, 11) is 0. The van der Waals surface area contributed by atoms with E-state index < -0.39 is 5.17 Å². The maximum absolute atomic E-state index is 7.56. The van der Waals surface area contributed by atoms with Gasteiger partial charge in [0.1, 0.15) is 0 Å². The van der Waals surface area contributed by atoms with Gasteiger partial charge in [-0.1, -0.05) is 78.6 Å². The van der Waals surface area contributed by atoms with Crippen LogP contribution >= 0.6 is 24.4 Å². The molecule has 0 radical (unpaired) electrons. The monoisotopic (exact) mass is 406 g/mol. The van der Waals surface area contributed by atoms with Gasteiger partial charge in [0.15, 0.2) is 0 Å². The SMILES string of the molecule is CCCCCCCCCCOC(=S)N(CCCC)CCCC.NC(O)=S. The molecule has 0 atom stereocenters. The molecule has 4 nitrogen and oxygen atoms in total. The highest BCUT2D eigenvalue weighted by molar-refractivity contribution is 7.80. The highest BCUT2D eigenvalue weighted by atomic mass is 32.1. The molecule has 0 aliphatic rings. The van der Waals surface area contributed by atoms with Crippen LogP contribution in [0.5, 0.6) is 0 Å². The van der Waals surface area contributed by atoms with Gasteiger partial charge in [0.05, 0.1) is 6.61 Å². The fourth-order valence-electron chi connectivity index (χ4n) is 2.48. The van der Waals surface area contributed by atoms with Crippen LogP contribution in [0.1, 0.15) is 97.8 Å². The van der Waals surface area contributed by atoms with Gasteiger partial charge in [0.2, 0.25) is 0 Å². The average Bonchev–Trinajstić information content (AvgIpc) is 2.59. The van der Waals surface area contributed by atoms with Crippen LogP contribution in [-0.2, 0) is 4.74 Å². The second-order valence-corrected chi connectivity index (χ2v) is 7.39. The Hall–Kier alpha value is -0.620. The zero-order valence-corrected chi connectivity index (χ0v) is 18.9. The summed E-state index contributed by atoms with van der Waals surface area (Å²) >= 11 is 9.32. The molecule has 0 heterocycles. The molecule has 0 unspecified atom stereocenters. The Kier molecular flexibility index (Phi) is 23.8. The maximum atomic E-state index is 7.56. The fraction of sp³-hybridized carbons (Fsp3) is 0.900. The van der Waals surface area contributed by atoms with Gasteiger partial charge in [-0.2, -0.15) is 0 Å². The summed E-state index contributed by atoms with van der Waals surface area (Å²) in [5, 5.41) is 7.79. The van der Waals surface area contributed by atoms with Crippen LogP contribution in [0, 0.1) is 0 Å². The van der Waals surface area contributed by atoms with E-state index in [1.807, 2.05) is 0 Å². The molecule has 0 spiro atoms. The van der Waals surface area contributed by atoms with Crippen LogP contribution in [0.2, 0.25) is 0 Å². The lowest BCUT2D eigenvalue weighted by Crippen LogP contribution is -2.33. The normalized spacial score (nSPS) is 9.96. The van der Waals surface area contributed by atoms with E-state index in [0.29, 0.717) is 0 Å². The third-order valence-corrected chi connectivity index (χ3v) is 4.42. The largest absolute Gasteiger partial charge is 0.487 e. The number of unbranched alkanes of at least 4 members (excludes halogenated alkanes) is 9. The van der Waals surface area contributed by atoms with Crippen LogP contribution in [0.3, 0.4) is 0 Å². The van der Waals surface area contributed by atoms with Crippen LogP contribution in [-0.4, -0.2) is 40.1 Å². The van der Waals surface area contributed by atoms with Crippen molar-refractivity contribution >= 4 is 34.8 Å². The highest BCUT2D eigenvalue weighted by Gasteiger charge is 2.09. The molecule has 156 valence electrons. The van der Waals surface area contributed by atoms with Crippen molar-refractivity contribution in [2.75, 3.05) is 19.7 Å². The lowest BCUT2D eigenvalue weighted by atomic mass is 10.1. The number of hydrogen-bond donors (Lipinski definition) is 2. The average molecular weight is 407 g/mol. The number of nitrogens with two attached hydrogens (primary N) is 1. The lowest BCUT2D eigenvalue weighted by molar-refractivity contribution is 0.231. The van der Waals surface area contributed by atoms with E-state index in [1.54, 1.807) is 0 Å². The Labute approximate surface area is 172 Å². The Morgan fingerprint density at radius 3 is 1.58 bits per heavy atom. The van der Waals surface area contributed by atoms with Crippen molar-refractivity contribution in [3.05, 3.63) is 0 Å². The van der Waals surface area contributed by atoms with Crippen molar-refractivity contribution in [2.45, 2.75) is 97.8 Å². The van der Waals surface area contributed by atoms with Crippen LogP contribution in [0.15, 0.2) is 0 Å². The molecule has 0 saturated carbocycles. The van der Waals surface area contributed by atoms with Crippen molar-refractivity contribution in [3.63, 3.8) is 0 Å². The molecule has 0 bridgehead atoms. The Morgan fingerprint density at radius 2 is 1.15 bits per heavy atom. The lowest BCUT2D eigenvalue weighted by Gasteiger charge is -2.24. The van der Waals surface area contributed by atoms with Crippen molar-refractivity contribution in [2.24, 2.45) is 5.73 Å². The molecule has 0 fully saturated rings. The Bertz CT molecular complexity index is 317. The molecular weight excluding hydrogens is 364 g/mol. The molecule has 0 aromatic rings. The number of aliphatic hydroxyl groups is 1. The summed E-state index contributed by atoms with van der Waals surface area (Å²) in [4.78, 5) is 2.26. The van der Waals surface area contributed by atoms with Crippen LogP contribution in [0.25, 0.3) is 0 Å². The third-order valence-electron chi connectivity index (χ3n) is 4.04. The quantitative estimate of drug-likeness (QED) is 0.252. The van der Waals surface area contributed by atoms with Gasteiger partial charge >= 0.3 is 0 Å². The van der Waals surface area contributed by atoms with Gasteiger partial charge in [-0.3, -0.25) is 0 Å². The molecule has 0 aliphatic carbocycles. The molecule has 6 heteroatoms. The van der Waals surface area contributed by atoms with Gasteiger partial charge in [-0.05, 0) is 43.7 Å². The first-order valence-electron chi connectivity index (χ1n) is 10.4. The van der Waals surface area contributed by atoms with Crippen molar-refractivity contribution < 1.29 is 9.84 Å². The molecule has 0 aromatic heterocycles. The number of hydrogen-bond acceptors (Lipinski definition) is 3. The predicted octanol–water partition coefficient (Wildman–Crippen LogP) is 6.12. The Balaban J connectivity index is 0. The van der Waals surface area contributed by atoms with E-state index in [-0.39, 0.29) is 0 Å². The first-order valence-corrected chi connectivity index (χ1v) is 11.2. The minimum absolute atomic E-state index is 0.500. The van der Waals surface area contributed by atoms with Gasteiger partial charge < -0.3 is 20.5 Å². The molecular formula is C20H42N2O2S2. The third kappa shape index (κ3) is 23.4. The number of ether oxygens (including phenoxy) is 1. The van der Waals surface area contributed by atoms with E-state index in [2.05, 4.69) is 43.6 Å². The number of rotatable bonds is 15. The number of nitrogens with zero attached hydrogens (tertiary/aromatic N) is 1. The molecule has 3 N–H and O–H groups in total. The molecule has 26 heavy (non-hydrogen) atoms. The second-order valence-electron chi connectivity index (χ2n) is 6.62. The topological polar surface area (TPSA) is 58.7 Å². The van der Waals surface area contributed by atoms with Crippen molar-refractivity contribution in [1.82, 2.24) is 4.90 Å². The summed E-state index contributed by atoms with van der Waals surface area (Å²) < 4.78 is 5.80. The molecule has 0 aromatic carbocycles. The first kappa shape index (κ1) is 27.6. The van der Waals surface area contributed by atoms with Gasteiger partial charge in [-0.15, -0.1) is 0 Å². The minimum Gasteiger partial charge on any atom is -0.487 e. The van der Waals surface area contributed by atoms with Crippen LogP contribution in [0.4, 0.5) is 0 Å². The van der Waals surface area contributed by atoms with E-state index >= 15 is 0 Å². The summed E-state index contributed by atoms with van der Waals surface area (Å²) in [6.45, 7) is 9.61. The van der Waals surface area contributed by atoms with Crippen molar-refractivity contribution in [3.8, 4) is 0 Å². The zero-order valence-electron chi connectivity index (χ0n) is 17.3. The van der Waals surface area contributed by atoms with E-state index in [9.17, 15) is 0 Å². The summed E-state index contributed by atoms with van der Waals surface area (Å²) in [5.74, 6) is 0. The van der Waals surface area contributed by atoms with Gasteiger partial charge in [0.25, 0.3) is 10.3 Å². The van der Waals surface area contributed by atoms with E-state index in [0.717, 1.165) is 31.3 Å². The number of aliphatic hydroxyl groups excluding tert-OH is 1. The number of thiocarbonyl (C=S) groups is 2. The molecule has 0 aliphatic heterocycles. The Morgan fingerprint density at radius 1 is 0.769 bits per heavy atom. The predicted molar refractivity (Wildman–Crippen MR) is 122 cm³/mol. The minimum atomic E-state index is -0.500. The summed E-state index contributed by atoms with van der Waals surface area (Å²) in [6, 6.07) is 0. The second kappa shape index (κ2) is 22.4. The molecule has 0 saturated heterocycles. The summed E-state index contributed by atoms with van der Waals surface area (Å²) in [5.41, 5.74) is 4.40. The van der Waals surface area contributed by atoms with E-state index in [4.69, 9.17) is 22.1 Å². The maximum Gasteiger partial charge on any atom is 0.259 e. The first-order chi connectivity index (χ1) is 12.5. The van der Waals surface area contributed by atoms with Gasteiger partial charge in [-0.25, -0.2) is 0 Å². The fourth-order valence-corrected chi connectivity index (χ4v) is 2.74. The zero-order chi connectivity index (χ0) is 20.0. The smallest absolute Gasteiger partial charge is 0.259 e. The standard InChI is InChI=1S/C19H39NOS.CH3NOS/c1-4-7-10-11-12-13-14-15-18-21-19(22)20(16-8-5-2)17-9-6-3;2-1(3)4/h4-18H2,1-3H3;(H3,2,3,4). The molecule has 0 rings (SSSR count). The molecule has 0 amide bonds.